The number of halogens is 4. The minimum absolute atomic E-state index is 0.0580. The Bertz CT molecular complexity index is 260. The topological polar surface area (TPSA) is 4.93 Å². The highest BCUT2D eigenvalue weighted by atomic mass is 19.4. The zero-order chi connectivity index (χ0) is 8.65. The fraction of sp³-hybridized carbons (Fsp3) is 0.333. The molecule has 0 N–H and O–H groups in total. The van der Waals surface area contributed by atoms with E-state index >= 15 is 0 Å². The van der Waals surface area contributed by atoms with E-state index in [9.17, 15) is 17.7 Å². The lowest BCUT2D eigenvalue weighted by Crippen LogP contribution is -2.09. The number of hydrogen-bond donors (Lipinski definition) is 0. The molecule has 1 nitrogen and oxygen atoms in total. The van der Waals surface area contributed by atoms with E-state index < -0.39 is 11.9 Å². The smallest absolute Gasteiger partial charge is 0.179 e. The lowest BCUT2D eigenvalue weighted by atomic mass is 10.4. The van der Waals surface area contributed by atoms with Crippen LogP contribution in [0.2, 0.25) is 0 Å². The first-order valence-corrected chi connectivity index (χ1v) is 2.84. The van der Waals surface area contributed by atoms with Crippen LogP contribution in [0.5, 0.6) is 0 Å². The van der Waals surface area contributed by atoms with Crippen molar-refractivity contribution in [2.24, 2.45) is 0 Å². The van der Waals surface area contributed by atoms with E-state index in [0.717, 1.165) is 6.07 Å². The first-order valence-electron chi connectivity index (χ1n) is 2.84. The highest BCUT2D eigenvalue weighted by Gasteiger charge is 2.35. The summed E-state index contributed by atoms with van der Waals surface area (Å²) in [5, 5.41) is 0. The Labute approximate surface area is 60.2 Å². The Hall–Kier alpha value is -1.00. The van der Waals surface area contributed by atoms with Gasteiger partial charge >= 0.3 is 6.18 Å². The molecule has 0 amide bonds. The van der Waals surface area contributed by atoms with E-state index in [1.54, 1.807) is 0 Å². The van der Waals surface area contributed by atoms with Crippen LogP contribution in [-0.2, 0) is 6.18 Å². The molecule has 11 heavy (non-hydrogen) atoms. The highest BCUT2D eigenvalue weighted by molar-refractivity contribution is 5.15. The molecule has 62 valence electrons. The Kier molecular flexibility index (Phi) is 1.66. The molecule has 0 atom stereocenters. The van der Waals surface area contributed by atoms with Crippen molar-refractivity contribution >= 4 is 0 Å². The van der Waals surface area contributed by atoms with Gasteiger partial charge in [0.1, 0.15) is 0 Å². The summed E-state index contributed by atoms with van der Waals surface area (Å²) in [4.78, 5) is -0.375. The van der Waals surface area contributed by atoms with Crippen LogP contribution in [0.4, 0.5) is 17.7 Å². The van der Waals surface area contributed by atoms with Crippen molar-refractivity contribution in [3.8, 4) is 0 Å². The van der Waals surface area contributed by atoms with Crippen LogP contribution in [0.25, 0.3) is 0 Å². The minimum atomic E-state index is -4.61. The number of rotatable bonds is 0. The lowest BCUT2D eigenvalue weighted by molar-refractivity contribution is -0.147. The summed E-state index contributed by atoms with van der Waals surface area (Å²) in [7, 11) is 0. The molecule has 0 spiro atoms. The molecular formula is C6H5F4N. The van der Waals surface area contributed by atoms with Gasteiger partial charge in [-0.2, -0.15) is 18.0 Å². The molecule has 1 rings (SSSR count). The van der Waals surface area contributed by atoms with Crippen LogP contribution < -0.4 is 0 Å². The second kappa shape index (κ2) is 2.25. The number of alkyl halides is 3. The van der Waals surface area contributed by atoms with E-state index in [0.29, 0.717) is 6.07 Å². The third-order valence-corrected chi connectivity index (χ3v) is 1.29. The van der Waals surface area contributed by atoms with Gasteiger partial charge in [0.25, 0.3) is 0 Å². The van der Waals surface area contributed by atoms with Crippen molar-refractivity contribution in [2.75, 3.05) is 0 Å². The minimum Gasteiger partial charge on any atom is -0.179 e. The van der Waals surface area contributed by atoms with Crippen LogP contribution in [0.3, 0.4) is 0 Å². The molecule has 0 fully saturated rings. The van der Waals surface area contributed by atoms with Crippen LogP contribution in [0.15, 0.2) is 12.1 Å². The maximum atomic E-state index is 12.5. The molecule has 0 aliphatic rings. The van der Waals surface area contributed by atoms with Gasteiger partial charge in [0.15, 0.2) is 5.69 Å². The van der Waals surface area contributed by atoms with Crippen LogP contribution in [0.1, 0.15) is 11.4 Å². The van der Waals surface area contributed by atoms with Crippen molar-refractivity contribution < 1.29 is 17.7 Å². The average Bonchev–Trinajstić information content (AvgIpc) is 2.11. The summed E-state index contributed by atoms with van der Waals surface area (Å²) in [5.41, 5.74) is -1.33. The van der Waals surface area contributed by atoms with Crippen molar-refractivity contribution in [3.63, 3.8) is 0 Å². The summed E-state index contributed by atoms with van der Waals surface area (Å²) in [6.07, 6.45) is -4.61. The first kappa shape index (κ1) is 8.10. The Morgan fingerprint density at radius 1 is 1.27 bits per heavy atom. The SMILES string of the molecule is Cc1ccc(C(F)(F)F)n1F. The zero-order valence-electron chi connectivity index (χ0n) is 5.61. The number of aryl methyl sites for hydroxylation is 1. The zero-order valence-corrected chi connectivity index (χ0v) is 5.61. The molecule has 0 aliphatic carbocycles. The Morgan fingerprint density at radius 2 is 1.82 bits per heavy atom. The summed E-state index contributed by atoms with van der Waals surface area (Å²) in [5.74, 6) is 0. The number of aromatic nitrogens is 1. The van der Waals surface area contributed by atoms with Crippen LogP contribution in [0, 0.1) is 6.92 Å². The van der Waals surface area contributed by atoms with Crippen molar-refractivity contribution in [2.45, 2.75) is 13.1 Å². The lowest BCUT2D eigenvalue weighted by Gasteiger charge is -2.04. The Morgan fingerprint density at radius 3 is 2.00 bits per heavy atom. The van der Waals surface area contributed by atoms with Gasteiger partial charge in [-0.25, -0.2) is 0 Å². The molecule has 0 radical (unpaired) electrons. The van der Waals surface area contributed by atoms with E-state index in [-0.39, 0.29) is 10.5 Å². The van der Waals surface area contributed by atoms with Crippen molar-refractivity contribution in [3.05, 3.63) is 23.5 Å². The first-order chi connectivity index (χ1) is 4.93. The summed E-state index contributed by atoms with van der Waals surface area (Å²) >= 11 is 0. The molecule has 0 unspecified atom stereocenters. The van der Waals surface area contributed by atoms with Crippen molar-refractivity contribution in [1.29, 1.82) is 0 Å². The van der Waals surface area contributed by atoms with Gasteiger partial charge in [0, 0.05) is 5.69 Å². The predicted octanol–water partition coefficient (Wildman–Crippen LogP) is 2.55. The molecule has 1 aromatic heterocycles. The van der Waals surface area contributed by atoms with Crippen LogP contribution >= 0.6 is 0 Å². The molecule has 0 saturated carbocycles. The normalized spacial score (nSPS) is 12.1. The molecule has 5 heteroatoms. The molecule has 0 aliphatic heterocycles. The summed E-state index contributed by atoms with van der Waals surface area (Å²) in [6, 6.07) is 1.78. The quantitative estimate of drug-likeness (QED) is 0.523. The maximum absolute atomic E-state index is 12.5. The maximum Gasteiger partial charge on any atom is 0.434 e. The number of nitrogens with zero attached hydrogens (tertiary/aromatic N) is 1. The van der Waals surface area contributed by atoms with E-state index in [1.807, 2.05) is 0 Å². The van der Waals surface area contributed by atoms with Gasteiger partial charge in [-0.15, -0.1) is 0 Å². The van der Waals surface area contributed by atoms with Crippen molar-refractivity contribution in [1.82, 2.24) is 4.79 Å². The Balaban J connectivity index is 3.15. The van der Waals surface area contributed by atoms with Gasteiger partial charge < -0.3 is 0 Å². The summed E-state index contributed by atoms with van der Waals surface area (Å²) < 4.78 is 47.9. The molecular weight excluding hydrogens is 162 g/mol. The average molecular weight is 167 g/mol. The van der Waals surface area contributed by atoms with Gasteiger partial charge in [0.2, 0.25) is 0 Å². The molecule has 1 heterocycles. The molecule has 0 bridgehead atoms. The second-order valence-corrected chi connectivity index (χ2v) is 2.14. The predicted molar refractivity (Wildman–Crippen MR) is 30.7 cm³/mol. The fourth-order valence-corrected chi connectivity index (χ4v) is 0.726. The highest BCUT2D eigenvalue weighted by Crippen LogP contribution is 2.30. The van der Waals surface area contributed by atoms with Crippen LogP contribution in [-0.4, -0.2) is 4.79 Å². The fourth-order valence-electron chi connectivity index (χ4n) is 0.726. The van der Waals surface area contributed by atoms with E-state index in [4.69, 9.17) is 0 Å². The van der Waals surface area contributed by atoms with E-state index in [1.165, 1.54) is 6.92 Å². The standard InChI is InChI=1S/C6H5F4N/c1-4-2-3-5(11(4)10)6(7,8)9/h2-3H,1H3. The van der Waals surface area contributed by atoms with Gasteiger partial charge in [-0.05, 0) is 19.1 Å². The monoisotopic (exact) mass is 167 g/mol. The number of hydrogen-bond acceptors (Lipinski definition) is 0. The molecule has 1 aromatic rings. The van der Waals surface area contributed by atoms with Gasteiger partial charge in [-0.3, -0.25) is 0 Å². The third kappa shape index (κ3) is 1.36. The largest absolute Gasteiger partial charge is 0.434 e. The molecule has 0 aromatic carbocycles. The van der Waals surface area contributed by atoms with Gasteiger partial charge in [0.05, 0.1) is 0 Å². The van der Waals surface area contributed by atoms with Gasteiger partial charge in [-0.1, -0.05) is 4.48 Å². The summed E-state index contributed by atoms with van der Waals surface area (Å²) in [6.45, 7) is 1.26. The van der Waals surface area contributed by atoms with E-state index in [2.05, 4.69) is 0 Å². The third-order valence-electron chi connectivity index (χ3n) is 1.29. The molecule has 0 saturated heterocycles. The second-order valence-electron chi connectivity index (χ2n) is 2.14.